The Bertz CT molecular complexity index is 470. The molecule has 1 aromatic carbocycles. The maximum Gasteiger partial charge on any atom is 0.335 e. The molecule has 0 saturated heterocycles. The molecule has 0 unspecified atom stereocenters. The number of carbonyl (C=O) groups excluding carboxylic acids is 1. The van der Waals surface area contributed by atoms with Crippen LogP contribution in [0.1, 0.15) is 20.7 Å². The second-order valence-electron chi connectivity index (χ2n) is 2.98. The van der Waals surface area contributed by atoms with Crippen molar-refractivity contribution in [3.05, 3.63) is 42.0 Å². The van der Waals surface area contributed by atoms with E-state index in [4.69, 9.17) is 10.2 Å². The lowest BCUT2D eigenvalue weighted by Gasteiger charge is -2.04. The van der Waals surface area contributed by atoms with Gasteiger partial charge in [-0.2, -0.15) is 0 Å². The molecule has 0 saturated carbocycles. The zero-order valence-electron chi connectivity index (χ0n) is 8.54. The molecule has 6 nitrogen and oxygen atoms in total. The standard InChI is InChI=1S/C11H8O6/c1-2-9(12)17-8-4-6(10(13)14)3-7(5-8)11(15)16/h2-5H,1H2,(H,13,14)(H,15,16). The molecule has 0 atom stereocenters. The molecule has 0 radical (unpaired) electrons. The van der Waals surface area contributed by atoms with E-state index in [1.54, 1.807) is 0 Å². The molecule has 0 aliphatic carbocycles. The third-order valence-corrected chi connectivity index (χ3v) is 1.79. The Morgan fingerprint density at radius 1 is 1.06 bits per heavy atom. The monoisotopic (exact) mass is 236 g/mol. The summed E-state index contributed by atoms with van der Waals surface area (Å²) in [5.41, 5.74) is -0.562. The maximum absolute atomic E-state index is 10.9. The van der Waals surface area contributed by atoms with Gasteiger partial charge in [0.15, 0.2) is 0 Å². The summed E-state index contributed by atoms with van der Waals surface area (Å²) in [5, 5.41) is 17.5. The number of rotatable bonds is 4. The summed E-state index contributed by atoms with van der Waals surface area (Å²) in [5.74, 6) is -3.59. The second kappa shape index (κ2) is 4.93. The van der Waals surface area contributed by atoms with Crippen LogP contribution in [0.5, 0.6) is 5.75 Å². The van der Waals surface area contributed by atoms with Crippen molar-refractivity contribution in [1.29, 1.82) is 0 Å². The number of carboxylic acid groups (broad SMARTS) is 2. The van der Waals surface area contributed by atoms with Crippen LogP contribution in [0.25, 0.3) is 0 Å². The van der Waals surface area contributed by atoms with Crippen LogP contribution in [-0.2, 0) is 4.79 Å². The Labute approximate surface area is 95.8 Å². The van der Waals surface area contributed by atoms with Crippen LogP contribution in [0.15, 0.2) is 30.9 Å². The number of carbonyl (C=O) groups is 3. The van der Waals surface area contributed by atoms with Gasteiger partial charge in [-0.3, -0.25) is 0 Å². The first kappa shape index (κ1) is 12.4. The SMILES string of the molecule is C=CC(=O)Oc1cc(C(=O)O)cc(C(=O)O)c1. The van der Waals surface area contributed by atoms with Crippen molar-refractivity contribution in [2.24, 2.45) is 0 Å². The third-order valence-electron chi connectivity index (χ3n) is 1.79. The van der Waals surface area contributed by atoms with E-state index in [9.17, 15) is 14.4 Å². The maximum atomic E-state index is 10.9. The van der Waals surface area contributed by atoms with Gasteiger partial charge < -0.3 is 14.9 Å². The van der Waals surface area contributed by atoms with Crippen LogP contribution in [0.4, 0.5) is 0 Å². The summed E-state index contributed by atoms with van der Waals surface area (Å²) in [7, 11) is 0. The second-order valence-corrected chi connectivity index (χ2v) is 2.98. The van der Waals surface area contributed by atoms with E-state index < -0.39 is 17.9 Å². The molecule has 6 heteroatoms. The summed E-state index contributed by atoms with van der Waals surface area (Å²) >= 11 is 0. The Kier molecular flexibility index (Phi) is 3.61. The summed E-state index contributed by atoms with van der Waals surface area (Å²) in [6, 6.07) is 3.07. The van der Waals surface area contributed by atoms with E-state index in [2.05, 4.69) is 11.3 Å². The highest BCUT2D eigenvalue weighted by atomic mass is 16.5. The number of carboxylic acids is 2. The third kappa shape index (κ3) is 3.16. The Hall–Kier alpha value is -2.63. The van der Waals surface area contributed by atoms with E-state index in [0.29, 0.717) is 0 Å². The van der Waals surface area contributed by atoms with Gasteiger partial charge in [0, 0.05) is 6.08 Å². The fraction of sp³-hybridized carbons (Fsp3) is 0. The first-order chi connectivity index (χ1) is 7.93. The number of aromatic carboxylic acids is 2. The molecular weight excluding hydrogens is 228 g/mol. The van der Waals surface area contributed by atoms with Crippen molar-refractivity contribution in [2.45, 2.75) is 0 Å². The Morgan fingerprint density at radius 2 is 1.53 bits per heavy atom. The van der Waals surface area contributed by atoms with Crippen molar-refractivity contribution in [3.63, 3.8) is 0 Å². The van der Waals surface area contributed by atoms with Crippen molar-refractivity contribution < 1.29 is 29.3 Å². The molecule has 17 heavy (non-hydrogen) atoms. The van der Waals surface area contributed by atoms with Gasteiger partial charge in [-0.15, -0.1) is 0 Å². The van der Waals surface area contributed by atoms with E-state index in [1.165, 1.54) is 0 Å². The van der Waals surface area contributed by atoms with Gasteiger partial charge in [0.2, 0.25) is 0 Å². The van der Waals surface area contributed by atoms with Gasteiger partial charge in [-0.1, -0.05) is 6.58 Å². The summed E-state index contributed by atoms with van der Waals surface area (Å²) in [4.78, 5) is 32.4. The van der Waals surface area contributed by atoms with Crippen LogP contribution in [0, 0.1) is 0 Å². The molecule has 0 heterocycles. The molecular formula is C11H8O6. The molecule has 2 N–H and O–H groups in total. The van der Waals surface area contributed by atoms with Crippen LogP contribution in [0.3, 0.4) is 0 Å². The lowest BCUT2D eigenvalue weighted by molar-refractivity contribution is -0.128. The highest BCUT2D eigenvalue weighted by molar-refractivity contribution is 5.95. The lowest BCUT2D eigenvalue weighted by atomic mass is 10.1. The summed E-state index contributed by atoms with van der Waals surface area (Å²) in [6.45, 7) is 3.16. The van der Waals surface area contributed by atoms with Crippen LogP contribution in [-0.4, -0.2) is 28.1 Å². The van der Waals surface area contributed by atoms with Crippen LogP contribution in [0.2, 0.25) is 0 Å². The van der Waals surface area contributed by atoms with Crippen molar-refractivity contribution in [1.82, 2.24) is 0 Å². The van der Waals surface area contributed by atoms with E-state index in [0.717, 1.165) is 24.3 Å². The number of esters is 1. The largest absolute Gasteiger partial charge is 0.478 e. The first-order valence-corrected chi connectivity index (χ1v) is 4.40. The quantitative estimate of drug-likeness (QED) is 0.462. The minimum Gasteiger partial charge on any atom is -0.478 e. The van der Waals surface area contributed by atoms with Gasteiger partial charge in [-0.25, -0.2) is 14.4 Å². The van der Waals surface area contributed by atoms with Gasteiger partial charge in [0.1, 0.15) is 5.75 Å². The van der Waals surface area contributed by atoms with Crippen molar-refractivity contribution >= 4 is 17.9 Å². The summed E-state index contributed by atoms with van der Waals surface area (Å²) < 4.78 is 4.66. The first-order valence-electron chi connectivity index (χ1n) is 4.40. The molecule has 0 fully saturated rings. The van der Waals surface area contributed by atoms with Gasteiger partial charge in [-0.05, 0) is 18.2 Å². The minimum absolute atomic E-state index is 0.160. The van der Waals surface area contributed by atoms with Crippen molar-refractivity contribution in [3.8, 4) is 5.75 Å². The topological polar surface area (TPSA) is 101 Å². The van der Waals surface area contributed by atoms with Gasteiger partial charge >= 0.3 is 17.9 Å². The molecule has 0 spiro atoms. The molecule has 1 rings (SSSR count). The van der Waals surface area contributed by atoms with E-state index >= 15 is 0 Å². The van der Waals surface area contributed by atoms with Crippen LogP contribution >= 0.6 is 0 Å². The number of hydrogen-bond acceptors (Lipinski definition) is 4. The molecule has 0 aromatic heterocycles. The summed E-state index contributed by atoms with van der Waals surface area (Å²) in [6.07, 6.45) is 0.883. The number of ether oxygens (including phenoxy) is 1. The predicted octanol–water partition coefficient (Wildman–Crippen LogP) is 1.17. The average molecular weight is 236 g/mol. The lowest BCUT2D eigenvalue weighted by Crippen LogP contribution is -2.07. The number of hydrogen-bond donors (Lipinski definition) is 2. The fourth-order valence-electron chi connectivity index (χ4n) is 1.06. The molecule has 0 amide bonds. The average Bonchev–Trinajstić information content (AvgIpc) is 2.28. The van der Waals surface area contributed by atoms with Gasteiger partial charge in [0.05, 0.1) is 11.1 Å². The van der Waals surface area contributed by atoms with Crippen molar-refractivity contribution in [2.75, 3.05) is 0 Å². The molecule has 0 aliphatic rings. The van der Waals surface area contributed by atoms with Crippen LogP contribution < -0.4 is 4.74 Å². The zero-order valence-corrected chi connectivity index (χ0v) is 8.54. The van der Waals surface area contributed by atoms with E-state index in [1.807, 2.05) is 0 Å². The zero-order chi connectivity index (χ0) is 13.0. The predicted molar refractivity (Wildman–Crippen MR) is 56.2 cm³/mol. The minimum atomic E-state index is -1.32. The smallest absolute Gasteiger partial charge is 0.335 e. The molecule has 0 bridgehead atoms. The fourth-order valence-corrected chi connectivity index (χ4v) is 1.06. The molecule has 1 aromatic rings. The molecule has 0 aliphatic heterocycles. The highest BCUT2D eigenvalue weighted by Crippen LogP contribution is 2.18. The normalized spacial score (nSPS) is 9.41. The van der Waals surface area contributed by atoms with Gasteiger partial charge in [0.25, 0.3) is 0 Å². The Balaban J connectivity index is 3.21. The highest BCUT2D eigenvalue weighted by Gasteiger charge is 2.13. The van der Waals surface area contributed by atoms with E-state index in [-0.39, 0.29) is 16.9 Å². The number of benzene rings is 1. The Morgan fingerprint density at radius 3 is 1.88 bits per heavy atom. The molecule has 88 valence electrons.